The van der Waals surface area contributed by atoms with Crippen molar-refractivity contribution in [1.29, 1.82) is 0 Å². The lowest BCUT2D eigenvalue weighted by atomic mass is 10.2. The third-order valence-electron chi connectivity index (χ3n) is 2.41. The van der Waals surface area contributed by atoms with E-state index in [4.69, 9.17) is 0 Å². The van der Waals surface area contributed by atoms with E-state index in [-0.39, 0.29) is 5.91 Å². The monoisotopic (exact) mass is 227 g/mol. The second-order valence-corrected chi connectivity index (χ2v) is 3.81. The van der Waals surface area contributed by atoms with E-state index in [1.807, 2.05) is 26.0 Å². The van der Waals surface area contributed by atoms with Crippen LogP contribution in [0.4, 0.5) is 5.82 Å². The summed E-state index contributed by atoms with van der Waals surface area (Å²) in [5.74, 6) is 0.386. The lowest BCUT2D eigenvalue weighted by molar-refractivity contribution is 0.102. The van der Waals surface area contributed by atoms with Crippen LogP contribution in [0.25, 0.3) is 0 Å². The highest BCUT2D eigenvalue weighted by molar-refractivity contribution is 6.03. The van der Waals surface area contributed by atoms with Crippen LogP contribution in [-0.2, 0) is 0 Å². The van der Waals surface area contributed by atoms with E-state index >= 15 is 0 Å². The molecule has 4 nitrogen and oxygen atoms in total. The predicted octanol–water partition coefficient (Wildman–Crippen LogP) is 2.35. The number of rotatable bonds is 2. The number of carbonyl (C=O) groups is 1. The number of hydrogen-bond donors (Lipinski definition) is 1. The normalized spacial score (nSPS) is 10.0. The highest BCUT2D eigenvalue weighted by Gasteiger charge is 2.08. The van der Waals surface area contributed by atoms with Gasteiger partial charge in [0.25, 0.3) is 5.91 Å². The minimum Gasteiger partial charge on any atom is -0.306 e. The smallest absolute Gasteiger partial charge is 0.258 e. The summed E-state index contributed by atoms with van der Waals surface area (Å²) in [6.07, 6.45) is 3.21. The second-order valence-electron chi connectivity index (χ2n) is 3.81. The Kier molecular flexibility index (Phi) is 3.14. The van der Waals surface area contributed by atoms with Gasteiger partial charge in [0.15, 0.2) is 0 Å². The number of aryl methyl sites for hydroxylation is 2. The zero-order valence-electron chi connectivity index (χ0n) is 9.77. The largest absolute Gasteiger partial charge is 0.306 e. The Morgan fingerprint density at radius 1 is 1.18 bits per heavy atom. The van der Waals surface area contributed by atoms with E-state index in [9.17, 15) is 4.79 Å². The van der Waals surface area contributed by atoms with E-state index in [2.05, 4.69) is 15.3 Å². The molecule has 0 saturated carbocycles. The first-order valence-corrected chi connectivity index (χ1v) is 5.32. The number of nitrogens with one attached hydrogen (secondary N) is 1. The lowest BCUT2D eigenvalue weighted by Crippen LogP contribution is -2.14. The van der Waals surface area contributed by atoms with Gasteiger partial charge in [-0.3, -0.25) is 9.78 Å². The number of pyridine rings is 2. The SMILES string of the molecule is Cc1ccc(C(=O)Nc2ncccc2C)cn1. The molecule has 2 aromatic rings. The summed E-state index contributed by atoms with van der Waals surface area (Å²) in [5, 5.41) is 2.76. The molecule has 0 bridgehead atoms. The van der Waals surface area contributed by atoms with Gasteiger partial charge in [0.2, 0.25) is 0 Å². The van der Waals surface area contributed by atoms with E-state index in [0.717, 1.165) is 11.3 Å². The van der Waals surface area contributed by atoms with Crippen molar-refractivity contribution in [2.75, 3.05) is 5.32 Å². The third-order valence-corrected chi connectivity index (χ3v) is 2.41. The molecule has 0 aliphatic carbocycles. The number of carbonyl (C=O) groups excluding carboxylic acids is 1. The summed E-state index contributed by atoms with van der Waals surface area (Å²) in [4.78, 5) is 20.1. The van der Waals surface area contributed by atoms with Crippen molar-refractivity contribution in [2.45, 2.75) is 13.8 Å². The highest BCUT2D eigenvalue weighted by Crippen LogP contribution is 2.11. The standard InChI is InChI=1S/C13H13N3O/c1-9-4-3-7-14-12(9)16-13(17)11-6-5-10(2)15-8-11/h3-8H,1-2H3,(H,14,16,17). The molecule has 2 heterocycles. The van der Waals surface area contributed by atoms with E-state index < -0.39 is 0 Å². The molecular formula is C13H13N3O. The highest BCUT2D eigenvalue weighted by atomic mass is 16.1. The van der Waals surface area contributed by atoms with Crippen LogP contribution in [0.5, 0.6) is 0 Å². The summed E-state index contributed by atoms with van der Waals surface area (Å²) in [6.45, 7) is 3.78. The van der Waals surface area contributed by atoms with Gasteiger partial charge in [0, 0.05) is 18.1 Å². The molecule has 2 rings (SSSR count). The second kappa shape index (κ2) is 4.74. The van der Waals surface area contributed by atoms with Gasteiger partial charge in [-0.15, -0.1) is 0 Å². The molecular weight excluding hydrogens is 214 g/mol. The van der Waals surface area contributed by atoms with Crippen molar-refractivity contribution < 1.29 is 4.79 Å². The van der Waals surface area contributed by atoms with Gasteiger partial charge in [-0.05, 0) is 37.6 Å². The van der Waals surface area contributed by atoms with Gasteiger partial charge in [-0.1, -0.05) is 6.07 Å². The molecule has 0 unspecified atom stereocenters. The summed E-state index contributed by atoms with van der Waals surface area (Å²) in [6, 6.07) is 7.28. The fourth-order valence-corrected chi connectivity index (χ4v) is 1.40. The Labute approximate surface area is 99.7 Å². The zero-order valence-corrected chi connectivity index (χ0v) is 9.77. The fraction of sp³-hybridized carbons (Fsp3) is 0.154. The minimum absolute atomic E-state index is 0.195. The lowest BCUT2D eigenvalue weighted by Gasteiger charge is -2.06. The van der Waals surface area contributed by atoms with E-state index in [1.165, 1.54) is 0 Å². The van der Waals surface area contributed by atoms with Crippen LogP contribution >= 0.6 is 0 Å². The Morgan fingerprint density at radius 3 is 2.65 bits per heavy atom. The van der Waals surface area contributed by atoms with Crippen molar-refractivity contribution in [1.82, 2.24) is 9.97 Å². The summed E-state index contributed by atoms with van der Waals surface area (Å²) >= 11 is 0. The minimum atomic E-state index is -0.195. The Balaban J connectivity index is 2.17. The average Bonchev–Trinajstić information content (AvgIpc) is 2.33. The topological polar surface area (TPSA) is 54.9 Å². The maximum atomic E-state index is 11.9. The van der Waals surface area contributed by atoms with Crippen LogP contribution < -0.4 is 5.32 Å². The molecule has 0 fully saturated rings. The molecule has 0 aliphatic rings. The van der Waals surface area contributed by atoms with Crippen molar-refractivity contribution in [3.63, 3.8) is 0 Å². The molecule has 4 heteroatoms. The average molecular weight is 227 g/mol. The van der Waals surface area contributed by atoms with Gasteiger partial charge in [-0.2, -0.15) is 0 Å². The van der Waals surface area contributed by atoms with Gasteiger partial charge in [0.05, 0.1) is 5.56 Å². The van der Waals surface area contributed by atoms with Gasteiger partial charge in [0.1, 0.15) is 5.82 Å². The molecule has 0 spiro atoms. The predicted molar refractivity (Wildman–Crippen MR) is 65.9 cm³/mol. The molecule has 1 N–H and O–H groups in total. The number of nitrogens with zero attached hydrogens (tertiary/aromatic N) is 2. The Bertz CT molecular complexity index is 535. The zero-order chi connectivity index (χ0) is 12.3. The molecule has 86 valence electrons. The van der Waals surface area contributed by atoms with Crippen LogP contribution in [0.3, 0.4) is 0 Å². The maximum absolute atomic E-state index is 11.9. The molecule has 0 aromatic carbocycles. The molecule has 17 heavy (non-hydrogen) atoms. The first-order chi connectivity index (χ1) is 8.16. The van der Waals surface area contributed by atoms with Gasteiger partial charge in [-0.25, -0.2) is 4.98 Å². The van der Waals surface area contributed by atoms with Crippen molar-refractivity contribution in [3.8, 4) is 0 Å². The molecule has 0 atom stereocenters. The first-order valence-electron chi connectivity index (χ1n) is 5.32. The van der Waals surface area contributed by atoms with Crippen molar-refractivity contribution >= 4 is 11.7 Å². The number of hydrogen-bond acceptors (Lipinski definition) is 3. The van der Waals surface area contributed by atoms with Crippen LogP contribution in [0, 0.1) is 13.8 Å². The number of amides is 1. The van der Waals surface area contributed by atoms with Crippen molar-refractivity contribution in [2.24, 2.45) is 0 Å². The molecule has 0 saturated heterocycles. The van der Waals surface area contributed by atoms with E-state index in [1.54, 1.807) is 24.5 Å². The van der Waals surface area contributed by atoms with Gasteiger partial charge < -0.3 is 5.32 Å². The van der Waals surface area contributed by atoms with Crippen LogP contribution in [0.1, 0.15) is 21.6 Å². The van der Waals surface area contributed by atoms with Crippen molar-refractivity contribution in [3.05, 3.63) is 53.5 Å². The maximum Gasteiger partial charge on any atom is 0.258 e. The summed E-state index contributed by atoms with van der Waals surface area (Å²) in [7, 11) is 0. The molecule has 0 radical (unpaired) electrons. The summed E-state index contributed by atoms with van der Waals surface area (Å²) in [5.41, 5.74) is 2.34. The van der Waals surface area contributed by atoms with Crippen LogP contribution in [-0.4, -0.2) is 15.9 Å². The van der Waals surface area contributed by atoms with Gasteiger partial charge >= 0.3 is 0 Å². The van der Waals surface area contributed by atoms with Crippen LogP contribution in [0.2, 0.25) is 0 Å². The van der Waals surface area contributed by atoms with E-state index in [0.29, 0.717) is 11.4 Å². The quantitative estimate of drug-likeness (QED) is 0.856. The molecule has 2 aromatic heterocycles. The fourth-order valence-electron chi connectivity index (χ4n) is 1.40. The summed E-state index contributed by atoms with van der Waals surface area (Å²) < 4.78 is 0. The Morgan fingerprint density at radius 2 is 2.00 bits per heavy atom. The number of anilines is 1. The van der Waals surface area contributed by atoms with Crippen LogP contribution in [0.15, 0.2) is 36.7 Å². The Hall–Kier alpha value is -2.23. The number of aromatic nitrogens is 2. The first kappa shape index (κ1) is 11.3. The molecule has 1 amide bonds. The third kappa shape index (κ3) is 2.66. The molecule has 0 aliphatic heterocycles.